The lowest BCUT2D eigenvalue weighted by atomic mass is 10.3. The molecule has 6 heteroatoms. The first-order chi connectivity index (χ1) is 6.51. The maximum Gasteiger partial charge on any atom is 0.573 e. The van der Waals surface area contributed by atoms with Crippen molar-refractivity contribution in [1.82, 2.24) is 4.98 Å². The average Bonchev–Trinajstić information content (AvgIpc) is 2.06. The summed E-state index contributed by atoms with van der Waals surface area (Å²) < 4.78 is 38.7. The van der Waals surface area contributed by atoms with E-state index in [0.717, 1.165) is 12.3 Å². The lowest BCUT2D eigenvalue weighted by molar-refractivity contribution is -0.274. The van der Waals surface area contributed by atoms with Gasteiger partial charge in [-0.25, -0.2) is 0 Å². The van der Waals surface area contributed by atoms with Gasteiger partial charge in [-0.2, -0.15) is 5.26 Å². The third-order valence-corrected chi connectivity index (χ3v) is 1.29. The quantitative estimate of drug-likeness (QED) is 0.737. The molecule has 0 saturated carbocycles. The van der Waals surface area contributed by atoms with Crippen LogP contribution in [0.5, 0.6) is 5.75 Å². The summed E-state index contributed by atoms with van der Waals surface area (Å²) in [6.07, 6.45) is -3.72. The van der Waals surface area contributed by atoms with Gasteiger partial charge >= 0.3 is 6.36 Å². The van der Waals surface area contributed by atoms with Crippen LogP contribution in [-0.4, -0.2) is 11.3 Å². The number of alkyl halides is 3. The fourth-order valence-corrected chi connectivity index (χ4v) is 0.790. The van der Waals surface area contributed by atoms with Gasteiger partial charge in [0.15, 0.2) is 0 Å². The molecule has 0 unspecified atom stereocenters. The van der Waals surface area contributed by atoms with Crippen LogP contribution in [0.1, 0.15) is 5.69 Å². The van der Waals surface area contributed by atoms with Crippen molar-refractivity contribution in [3.8, 4) is 11.8 Å². The fourth-order valence-electron chi connectivity index (χ4n) is 0.790. The van der Waals surface area contributed by atoms with Crippen molar-refractivity contribution in [3.05, 3.63) is 24.0 Å². The molecule has 1 heterocycles. The molecule has 1 rings (SSSR count). The van der Waals surface area contributed by atoms with Gasteiger partial charge in [-0.15, -0.1) is 13.2 Å². The molecule has 0 saturated heterocycles. The van der Waals surface area contributed by atoms with E-state index in [4.69, 9.17) is 5.26 Å². The predicted molar refractivity (Wildman–Crippen MR) is 40.2 cm³/mol. The Morgan fingerprint density at radius 1 is 1.43 bits per heavy atom. The van der Waals surface area contributed by atoms with Crippen LogP contribution in [-0.2, 0) is 6.42 Å². The molecular weight excluding hydrogens is 197 g/mol. The topological polar surface area (TPSA) is 45.9 Å². The summed E-state index contributed by atoms with van der Waals surface area (Å²) in [5.74, 6) is -0.390. The zero-order valence-corrected chi connectivity index (χ0v) is 6.88. The van der Waals surface area contributed by atoms with E-state index < -0.39 is 6.36 Å². The van der Waals surface area contributed by atoms with E-state index >= 15 is 0 Å². The molecule has 0 N–H and O–H groups in total. The van der Waals surface area contributed by atoms with Crippen LogP contribution in [0.15, 0.2) is 18.3 Å². The Morgan fingerprint density at radius 3 is 2.57 bits per heavy atom. The van der Waals surface area contributed by atoms with E-state index in [2.05, 4.69) is 9.72 Å². The van der Waals surface area contributed by atoms with Gasteiger partial charge < -0.3 is 4.74 Å². The van der Waals surface area contributed by atoms with Crippen molar-refractivity contribution >= 4 is 0 Å². The number of nitriles is 1. The SMILES string of the molecule is N#CCc1ccc(OC(F)(F)F)cn1. The highest BCUT2D eigenvalue weighted by Gasteiger charge is 2.31. The van der Waals surface area contributed by atoms with E-state index in [1.807, 2.05) is 6.07 Å². The molecule has 0 aromatic carbocycles. The fraction of sp³-hybridized carbons (Fsp3) is 0.250. The average molecular weight is 202 g/mol. The van der Waals surface area contributed by atoms with Crippen molar-refractivity contribution < 1.29 is 17.9 Å². The van der Waals surface area contributed by atoms with Gasteiger partial charge in [0.25, 0.3) is 0 Å². The molecule has 0 atom stereocenters. The highest BCUT2D eigenvalue weighted by atomic mass is 19.4. The maximum atomic E-state index is 11.7. The molecule has 1 aromatic rings. The number of ether oxygens (including phenoxy) is 1. The molecule has 0 fully saturated rings. The summed E-state index contributed by atoms with van der Waals surface area (Å²) in [5, 5.41) is 8.27. The molecular formula is C8H5F3N2O. The summed E-state index contributed by atoms with van der Waals surface area (Å²) in [5.41, 5.74) is 0.405. The normalized spacial score (nSPS) is 10.7. The van der Waals surface area contributed by atoms with E-state index in [1.165, 1.54) is 6.07 Å². The van der Waals surface area contributed by atoms with Crippen LogP contribution < -0.4 is 4.74 Å². The lowest BCUT2D eigenvalue weighted by Crippen LogP contribution is -2.17. The molecule has 1 aromatic heterocycles. The van der Waals surface area contributed by atoms with Gasteiger partial charge in [0, 0.05) is 0 Å². The molecule has 0 aliphatic rings. The molecule has 0 amide bonds. The number of nitrogens with zero attached hydrogens (tertiary/aromatic N) is 2. The second-order valence-electron chi connectivity index (χ2n) is 2.37. The van der Waals surface area contributed by atoms with Gasteiger partial charge in [-0.1, -0.05) is 0 Å². The summed E-state index contributed by atoms with van der Waals surface area (Å²) in [6, 6.07) is 4.25. The maximum absolute atomic E-state index is 11.7. The number of rotatable bonds is 2. The molecule has 0 aliphatic carbocycles. The van der Waals surface area contributed by atoms with E-state index in [9.17, 15) is 13.2 Å². The minimum absolute atomic E-state index is 0.0618. The van der Waals surface area contributed by atoms with Crippen molar-refractivity contribution in [3.63, 3.8) is 0 Å². The van der Waals surface area contributed by atoms with Gasteiger partial charge in [-0.05, 0) is 12.1 Å². The number of pyridine rings is 1. The first-order valence-corrected chi connectivity index (χ1v) is 3.59. The molecule has 0 aliphatic heterocycles. The summed E-state index contributed by atoms with van der Waals surface area (Å²) >= 11 is 0. The second kappa shape index (κ2) is 3.96. The smallest absolute Gasteiger partial charge is 0.404 e. The Kier molecular flexibility index (Phi) is 2.92. The summed E-state index contributed by atoms with van der Waals surface area (Å²) in [7, 11) is 0. The number of hydrogen-bond acceptors (Lipinski definition) is 3. The first-order valence-electron chi connectivity index (χ1n) is 3.59. The van der Waals surface area contributed by atoms with E-state index in [1.54, 1.807) is 0 Å². The van der Waals surface area contributed by atoms with E-state index in [-0.39, 0.29) is 12.2 Å². The van der Waals surface area contributed by atoms with Gasteiger partial charge in [0.2, 0.25) is 0 Å². The van der Waals surface area contributed by atoms with Crippen LogP contribution in [0.25, 0.3) is 0 Å². The Bertz CT molecular complexity index is 339. The Morgan fingerprint density at radius 2 is 2.14 bits per heavy atom. The number of halogens is 3. The Labute approximate surface area is 77.7 Å². The standard InChI is InChI=1S/C8H5F3N2O/c9-8(10,11)14-7-2-1-6(3-4-12)13-5-7/h1-2,5H,3H2. The van der Waals surface area contributed by atoms with Gasteiger partial charge in [0.1, 0.15) is 5.75 Å². The van der Waals surface area contributed by atoms with Crippen molar-refractivity contribution in [2.45, 2.75) is 12.8 Å². The van der Waals surface area contributed by atoms with Gasteiger partial charge in [0.05, 0.1) is 24.4 Å². The largest absolute Gasteiger partial charge is 0.573 e. The Balaban J connectivity index is 2.70. The van der Waals surface area contributed by atoms with E-state index in [0.29, 0.717) is 5.69 Å². The van der Waals surface area contributed by atoms with Gasteiger partial charge in [-0.3, -0.25) is 4.98 Å². The zero-order valence-electron chi connectivity index (χ0n) is 6.88. The highest BCUT2D eigenvalue weighted by molar-refractivity contribution is 5.21. The molecule has 0 radical (unpaired) electrons. The predicted octanol–water partition coefficient (Wildman–Crippen LogP) is 2.05. The molecule has 14 heavy (non-hydrogen) atoms. The van der Waals surface area contributed by atoms with Crippen LogP contribution in [0, 0.1) is 11.3 Å². The second-order valence-corrected chi connectivity index (χ2v) is 2.37. The van der Waals surface area contributed by atoms with Crippen molar-refractivity contribution in [2.24, 2.45) is 0 Å². The summed E-state index contributed by atoms with van der Waals surface area (Å²) in [6.45, 7) is 0. The Hall–Kier alpha value is -1.77. The molecule has 74 valence electrons. The zero-order chi connectivity index (χ0) is 10.6. The number of hydrogen-bond donors (Lipinski definition) is 0. The minimum atomic E-state index is -4.71. The highest BCUT2D eigenvalue weighted by Crippen LogP contribution is 2.21. The molecule has 0 spiro atoms. The lowest BCUT2D eigenvalue weighted by Gasteiger charge is -2.07. The summed E-state index contributed by atoms with van der Waals surface area (Å²) in [4.78, 5) is 3.61. The van der Waals surface area contributed by atoms with Crippen LogP contribution >= 0.6 is 0 Å². The molecule has 0 bridgehead atoms. The molecule has 3 nitrogen and oxygen atoms in total. The third-order valence-electron chi connectivity index (χ3n) is 1.29. The number of aromatic nitrogens is 1. The van der Waals surface area contributed by atoms with Crippen LogP contribution in [0.2, 0.25) is 0 Å². The van der Waals surface area contributed by atoms with Crippen molar-refractivity contribution in [1.29, 1.82) is 5.26 Å². The third kappa shape index (κ3) is 3.31. The van der Waals surface area contributed by atoms with Crippen LogP contribution in [0.4, 0.5) is 13.2 Å². The first kappa shape index (κ1) is 10.3. The monoisotopic (exact) mass is 202 g/mol. The minimum Gasteiger partial charge on any atom is -0.404 e. The van der Waals surface area contributed by atoms with Crippen molar-refractivity contribution in [2.75, 3.05) is 0 Å². The van der Waals surface area contributed by atoms with Crippen LogP contribution in [0.3, 0.4) is 0 Å².